The number of amides is 1. The summed E-state index contributed by atoms with van der Waals surface area (Å²) in [5.41, 5.74) is 8.95. The maximum Gasteiger partial charge on any atom is 0.340 e. The van der Waals surface area contributed by atoms with E-state index in [0.29, 0.717) is 11.4 Å². The minimum atomic E-state index is -0.611. The van der Waals surface area contributed by atoms with Crippen LogP contribution in [0.25, 0.3) is 0 Å². The monoisotopic (exact) mass is 298 g/mol. The lowest BCUT2D eigenvalue weighted by Crippen LogP contribution is -2.21. The molecule has 3 N–H and O–H groups in total. The van der Waals surface area contributed by atoms with E-state index < -0.39 is 11.9 Å². The molecule has 22 heavy (non-hydrogen) atoms. The lowest BCUT2D eigenvalue weighted by molar-refractivity contribution is -0.119. The Morgan fingerprint density at radius 2 is 1.86 bits per heavy atom. The summed E-state index contributed by atoms with van der Waals surface area (Å²) >= 11 is 0. The van der Waals surface area contributed by atoms with Crippen LogP contribution in [0.5, 0.6) is 0 Å². The SMILES string of the molecule is Cc1cccc(NC(=O)COC(=O)c2cccc(C)c2N)c1. The number of nitrogens with two attached hydrogens (primary N) is 1. The molecule has 0 unspecified atom stereocenters. The molecule has 5 nitrogen and oxygen atoms in total. The number of benzene rings is 2. The van der Waals surface area contributed by atoms with Crippen LogP contribution in [0.3, 0.4) is 0 Å². The van der Waals surface area contributed by atoms with Crippen molar-refractivity contribution in [2.24, 2.45) is 0 Å². The number of carbonyl (C=O) groups excluding carboxylic acids is 2. The summed E-state index contributed by atoms with van der Waals surface area (Å²) in [4.78, 5) is 23.7. The molecule has 0 aliphatic carbocycles. The average molecular weight is 298 g/mol. The van der Waals surface area contributed by atoms with Gasteiger partial charge in [0.05, 0.1) is 5.56 Å². The lowest BCUT2D eigenvalue weighted by Gasteiger charge is -2.09. The molecule has 0 atom stereocenters. The molecule has 0 spiro atoms. The number of rotatable bonds is 4. The highest BCUT2D eigenvalue weighted by molar-refractivity contribution is 5.98. The molecule has 0 radical (unpaired) electrons. The van der Waals surface area contributed by atoms with E-state index in [4.69, 9.17) is 10.5 Å². The van der Waals surface area contributed by atoms with Crippen LogP contribution in [0, 0.1) is 13.8 Å². The summed E-state index contributed by atoms with van der Waals surface area (Å²) in [6.07, 6.45) is 0. The Balaban J connectivity index is 1.93. The van der Waals surface area contributed by atoms with Crippen molar-refractivity contribution in [3.8, 4) is 0 Å². The Bertz CT molecular complexity index is 711. The Morgan fingerprint density at radius 3 is 2.59 bits per heavy atom. The van der Waals surface area contributed by atoms with Gasteiger partial charge in [0.1, 0.15) is 0 Å². The summed E-state index contributed by atoms with van der Waals surface area (Å²) in [5.74, 6) is -1.01. The van der Waals surface area contributed by atoms with Crippen molar-refractivity contribution in [3.63, 3.8) is 0 Å². The van der Waals surface area contributed by atoms with Gasteiger partial charge < -0.3 is 15.8 Å². The normalized spacial score (nSPS) is 10.1. The molecule has 0 bridgehead atoms. The molecule has 0 fully saturated rings. The van der Waals surface area contributed by atoms with Crippen LogP contribution in [-0.2, 0) is 9.53 Å². The number of hydrogen-bond donors (Lipinski definition) is 2. The van der Waals surface area contributed by atoms with E-state index in [9.17, 15) is 9.59 Å². The number of hydrogen-bond acceptors (Lipinski definition) is 4. The van der Waals surface area contributed by atoms with Crippen LogP contribution < -0.4 is 11.1 Å². The largest absolute Gasteiger partial charge is 0.452 e. The summed E-state index contributed by atoms with van der Waals surface area (Å²) in [6, 6.07) is 12.5. The first-order valence-electron chi connectivity index (χ1n) is 6.86. The molecule has 114 valence electrons. The van der Waals surface area contributed by atoms with Crippen molar-refractivity contribution in [3.05, 3.63) is 59.2 Å². The van der Waals surface area contributed by atoms with Gasteiger partial charge in [-0.15, -0.1) is 0 Å². The van der Waals surface area contributed by atoms with Crippen LogP contribution in [0.1, 0.15) is 21.5 Å². The van der Waals surface area contributed by atoms with Crippen LogP contribution in [-0.4, -0.2) is 18.5 Å². The van der Waals surface area contributed by atoms with Crippen molar-refractivity contribution >= 4 is 23.3 Å². The van der Waals surface area contributed by atoms with E-state index in [2.05, 4.69) is 5.32 Å². The number of carbonyl (C=O) groups is 2. The Morgan fingerprint density at radius 1 is 1.14 bits per heavy atom. The van der Waals surface area contributed by atoms with Gasteiger partial charge >= 0.3 is 5.97 Å². The summed E-state index contributed by atoms with van der Waals surface area (Å²) in [7, 11) is 0. The maximum atomic E-state index is 11.9. The zero-order chi connectivity index (χ0) is 16.1. The van der Waals surface area contributed by atoms with Gasteiger partial charge in [-0.05, 0) is 43.2 Å². The number of anilines is 2. The molecule has 2 aromatic carbocycles. The third kappa shape index (κ3) is 3.85. The molecule has 0 saturated heterocycles. The third-order valence-electron chi connectivity index (χ3n) is 3.18. The Hall–Kier alpha value is -2.82. The van der Waals surface area contributed by atoms with E-state index >= 15 is 0 Å². The van der Waals surface area contributed by atoms with Gasteiger partial charge in [0, 0.05) is 11.4 Å². The van der Waals surface area contributed by atoms with Gasteiger partial charge in [0.2, 0.25) is 0 Å². The van der Waals surface area contributed by atoms with E-state index in [1.807, 2.05) is 25.1 Å². The van der Waals surface area contributed by atoms with Crippen molar-refractivity contribution < 1.29 is 14.3 Å². The molecular formula is C17H18N2O3. The molecule has 0 aliphatic heterocycles. The number of aryl methyl sites for hydroxylation is 2. The van der Waals surface area contributed by atoms with Gasteiger partial charge in [-0.3, -0.25) is 4.79 Å². The second kappa shape index (κ2) is 6.76. The molecule has 0 aliphatic rings. The van der Waals surface area contributed by atoms with Crippen LogP contribution in [0.2, 0.25) is 0 Å². The quantitative estimate of drug-likeness (QED) is 0.671. The molecule has 1 amide bonds. The fraction of sp³-hybridized carbons (Fsp3) is 0.176. The predicted molar refractivity (Wildman–Crippen MR) is 85.7 cm³/mol. The first kappa shape index (κ1) is 15.6. The van der Waals surface area contributed by atoms with Gasteiger partial charge in [-0.1, -0.05) is 24.3 Å². The highest BCUT2D eigenvalue weighted by Crippen LogP contribution is 2.17. The first-order valence-corrected chi connectivity index (χ1v) is 6.86. The predicted octanol–water partition coefficient (Wildman–Crippen LogP) is 2.68. The van der Waals surface area contributed by atoms with Crippen molar-refractivity contribution in [1.82, 2.24) is 0 Å². The van der Waals surface area contributed by atoms with Gasteiger partial charge in [0.25, 0.3) is 5.91 Å². The molecule has 0 heterocycles. The topological polar surface area (TPSA) is 81.4 Å². The molecule has 5 heteroatoms. The second-order valence-corrected chi connectivity index (χ2v) is 5.03. The maximum absolute atomic E-state index is 11.9. The number of esters is 1. The lowest BCUT2D eigenvalue weighted by atomic mass is 10.1. The summed E-state index contributed by atoms with van der Waals surface area (Å²) in [5, 5.41) is 2.67. The van der Waals surface area contributed by atoms with Gasteiger partial charge in [0.15, 0.2) is 6.61 Å². The van der Waals surface area contributed by atoms with Crippen LogP contribution >= 0.6 is 0 Å². The highest BCUT2D eigenvalue weighted by Gasteiger charge is 2.14. The second-order valence-electron chi connectivity index (χ2n) is 5.03. The minimum absolute atomic E-state index is 0.267. The van der Waals surface area contributed by atoms with Crippen LogP contribution in [0.15, 0.2) is 42.5 Å². The summed E-state index contributed by atoms with van der Waals surface area (Å²) < 4.78 is 5.00. The van der Waals surface area contributed by atoms with Crippen LogP contribution in [0.4, 0.5) is 11.4 Å². The number of nitrogens with one attached hydrogen (secondary N) is 1. The van der Waals surface area contributed by atoms with E-state index in [-0.39, 0.29) is 12.2 Å². The van der Waals surface area contributed by atoms with Gasteiger partial charge in [-0.2, -0.15) is 0 Å². The summed E-state index contributed by atoms with van der Waals surface area (Å²) in [6.45, 7) is 3.37. The molecule has 0 saturated carbocycles. The van der Waals surface area contributed by atoms with E-state index in [1.54, 1.807) is 31.2 Å². The zero-order valence-corrected chi connectivity index (χ0v) is 12.6. The standard InChI is InChI=1S/C17H18N2O3/c1-11-5-3-7-13(9-11)19-15(20)10-22-17(21)14-8-4-6-12(2)16(14)18/h3-9H,10,18H2,1-2H3,(H,19,20). The Labute approximate surface area is 129 Å². The number of para-hydroxylation sites is 1. The molecule has 0 aromatic heterocycles. The minimum Gasteiger partial charge on any atom is -0.452 e. The van der Waals surface area contributed by atoms with Crippen molar-refractivity contribution in [1.29, 1.82) is 0 Å². The zero-order valence-electron chi connectivity index (χ0n) is 12.6. The van der Waals surface area contributed by atoms with E-state index in [0.717, 1.165) is 11.1 Å². The number of ether oxygens (including phenoxy) is 1. The smallest absolute Gasteiger partial charge is 0.340 e. The Kier molecular flexibility index (Phi) is 4.78. The molecular weight excluding hydrogens is 280 g/mol. The van der Waals surface area contributed by atoms with E-state index in [1.165, 1.54) is 0 Å². The van der Waals surface area contributed by atoms with Crippen molar-refractivity contribution in [2.75, 3.05) is 17.7 Å². The average Bonchev–Trinajstić information content (AvgIpc) is 2.47. The third-order valence-corrected chi connectivity index (χ3v) is 3.18. The fourth-order valence-electron chi connectivity index (χ4n) is 1.99. The first-order chi connectivity index (χ1) is 10.5. The molecule has 2 aromatic rings. The fourth-order valence-corrected chi connectivity index (χ4v) is 1.99. The number of nitrogen functional groups attached to an aromatic ring is 1. The molecule has 2 rings (SSSR count). The highest BCUT2D eigenvalue weighted by atomic mass is 16.5. The van der Waals surface area contributed by atoms with Gasteiger partial charge in [-0.25, -0.2) is 4.79 Å². The van der Waals surface area contributed by atoms with Crippen molar-refractivity contribution in [2.45, 2.75) is 13.8 Å².